The average molecular weight is 292 g/mol. The largest absolute Gasteiger partial charge is 0.497 e. The second-order valence-electron chi connectivity index (χ2n) is 5.67. The van der Waals surface area contributed by atoms with Crippen LogP contribution in [0.4, 0.5) is 0 Å². The second kappa shape index (κ2) is 6.35. The van der Waals surface area contributed by atoms with E-state index in [9.17, 15) is 4.79 Å². The summed E-state index contributed by atoms with van der Waals surface area (Å²) >= 11 is 0. The van der Waals surface area contributed by atoms with E-state index in [2.05, 4.69) is 12.2 Å². The van der Waals surface area contributed by atoms with Crippen LogP contribution in [0.5, 0.6) is 11.5 Å². The summed E-state index contributed by atoms with van der Waals surface area (Å²) in [6.45, 7) is 3.71. The maximum atomic E-state index is 12.7. The Morgan fingerprint density at radius 3 is 2.43 bits per heavy atom. The van der Waals surface area contributed by atoms with Crippen molar-refractivity contribution in [3.8, 4) is 11.5 Å². The van der Waals surface area contributed by atoms with Crippen LogP contribution in [0.1, 0.15) is 30.1 Å². The number of rotatable bonds is 4. The summed E-state index contributed by atoms with van der Waals surface area (Å²) in [4.78, 5) is 14.6. The molecule has 1 N–H and O–H groups in total. The molecule has 1 heterocycles. The quantitative estimate of drug-likeness (QED) is 0.921. The number of nitrogens with one attached hydrogen (secondary N) is 1. The minimum absolute atomic E-state index is 0.0210. The minimum atomic E-state index is 0.0210. The first-order chi connectivity index (χ1) is 10.0. The number of amides is 1. The van der Waals surface area contributed by atoms with Gasteiger partial charge in [-0.1, -0.05) is 0 Å². The maximum Gasteiger partial charge on any atom is 0.257 e. The molecular weight excluding hydrogens is 268 g/mol. The molecule has 1 aromatic carbocycles. The second-order valence-corrected chi connectivity index (χ2v) is 5.67. The topological polar surface area (TPSA) is 50.8 Å². The van der Waals surface area contributed by atoms with Crippen LogP contribution >= 0.6 is 0 Å². The van der Waals surface area contributed by atoms with Gasteiger partial charge >= 0.3 is 0 Å². The third-order valence-electron chi connectivity index (χ3n) is 4.40. The number of methoxy groups -OCH3 is 2. The normalized spacial score (nSPS) is 17.4. The van der Waals surface area contributed by atoms with Crippen molar-refractivity contribution in [3.05, 3.63) is 23.8 Å². The Morgan fingerprint density at radius 1 is 1.24 bits per heavy atom. The van der Waals surface area contributed by atoms with E-state index < -0.39 is 0 Å². The average Bonchev–Trinajstić information content (AvgIpc) is 2.54. The summed E-state index contributed by atoms with van der Waals surface area (Å²) in [6.07, 6.45) is 1.90. The predicted octanol–water partition coefficient (Wildman–Crippen LogP) is 1.92. The third kappa shape index (κ3) is 3.29. The van der Waals surface area contributed by atoms with Gasteiger partial charge in [0, 0.05) is 24.7 Å². The number of nitrogens with zero attached hydrogens (tertiary/aromatic N) is 1. The van der Waals surface area contributed by atoms with Gasteiger partial charge in [0.1, 0.15) is 11.5 Å². The van der Waals surface area contributed by atoms with Crippen LogP contribution in [-0.2, 0) is 0 Å². The predicted molar refractivity (Wildman–Crippen MR) is 82.1 cm³/mol. The van der Waals surface area contributed by atoms with Crippen molar-refractivity contribution < 1.29 is 14.3 Å². The Kier molecular flexibility index (Phi) is 4.73. The smallest absolute Gasteiger partial charge is 0.257 e. The fourth-order valence-electron chi connectivity index (χ4n) is 2.60. The van der Waals surface area contributed by atoms with Crippen LogP contribution in [0.25, 0.3) is 0 Å². The molecule has 1 fully saturated rings. The molecule has 5 nitrogen and oxygen atoms in total. The van der Waals surface area contributed by atoms with Gasteiger partial charge in [-0.2, -0.15) is 0 Å². The molecule has 0 aromatic heterocycles. The zero-order valence-corrected chi connectivity index (χ0v) is 13.2. The lowest BCUT2D eigenvalue weighted by Crippen LogP contribution is -2.51. The van der Waals surface area contributed by atoms with E-state index in [0.717, 1.165) is 25.9 Å². The molecule has 1 aliphatic rings. The van der Waals surface area contributed by atoms with E-state index in [0.29, 0.717) is 17.1 Å². The number of carbonyl (C=O) groups excluding carboxylic acids is 1. The van der Waals surface area contributed by atoms with E-state index in [4.69, 9.17) is 9.47 Å². The van der Waals surface area contributed by atoms with Crippen LogP contribution in [0.3, 0.4) is 0 Å². The van der Waals surface area contributed by atoms with Gasteiger partial charge in [-0.05, 0) is 38.9 Å². The van der Waals surface area contributed by atoms with Gasteiger partial charge in [0.2, 0.25) is 0 Å². The number of hydrogen-bond donors (Lipinski definition) is 1. The molecule has 0 radical (unpaired) electrons. The Balaban J connectivity index is 2.14. The Hall–Kier alpha value is -1.75. The fraction of sp³-hybridized carbons (Fsp3) is 0.562. The van der Waals surface area contributed by atoms with Crippen LogP contribution in [0, 0.1) is 0 Å². The molecule has 21 heavy (non-hydrogen) atoms. The SMILES string of the molecule is CNC1(C)CCN(C(=O)c2ccc(OC)cc2OC)CC1. The standard InChI is InChI=1S/C16H24N2O3/c1-16(17-2)7-9-18(10-8-16)15(19)13-6-5-12(20-3)11-14(13)21-4/h5-6,11,17H,7-10H2,1-4H3. The summed E-state index contributed by atoms with van der Waals surface area (Å²) in [5.41, 5.74) is 0.715. The summed E-state index contributed by atoms with van der Waals surface area (Å²) < 4.78 is 10.5. The minimum Gasteiger partial charge on any atom is -0.497 e. The molecule has 1 aliphatic heterocycles. The molecule has 0 bridgehead atoms. The van der Waals surface area contributed by atoms with Crippen LogP contribution in [-0.4, -0.2) is 50.7 Å². The summed E-state index contributed by atoms with van der Waals surface area (Å²) in [6, 6.07) is 5.30. The molecule has 1 aromatic rings. The van der Waals surface area contributed by atoms with Crippen molar-refractivity contribution in [2.24, 2.45) is 0 Å². The van der Waals surface area contributed by atoms with E-state index in [1.54, 1.807) is 32.4 Å². The van der Waals surface area contributed by atoms with Crippen LogP contribution in [0.15, 0.2) is 18.2 Å². The summed E-state index contributed by atoms with van der Waals surface area (Å²) in [5, 5.41) is 3.34. The van der Waals surface area contributed by atoms with Crippen molar-refractivity contribution in [1.82, 2.24) is 10.2 Å². The van der Waals surface area contributed by atoms with Gasteiger partial charge < -0.3 is 19.7 Å². The highest BCUT2D eigenvalue weighted by atomic mass is 16.5. The van der Waals surface area contributed by atoms with Gasteiger partial charge in [0.25, 0.3) is 5.91 Å². The van der Waals surface area contributed by atoms with E-state index >= 15 is 0 Å². The number of piperidine rings is 1. The highest BCUT2D eigenvalue weighted by molar-refractivity contribution is 5.97. The van der Waals surface area contributed by atoms with Gasteiger partial charge in [0.05, 0.1) is 19.8 Å². The zero-order chi connectivity index (χ0) is 15.5. The number of hydrogen-bond acceptors (Lipinski definition) is 4. The molecule has 1 amide bonds. The lowest BCUT2D eigenvalue weighted by atomic mass is 9.89. The van der Waals surface area contributed by atoms with Crippen molar-refractivity contribution >= 4 is 5.91 Å². The molecule has 2 rings (SSSR count). The molecule has 0 unspecified atom stereocenters. The lowest BCUT2D eigenvalue weighted by Gasteiger charge is -2.39. The lowest BCUT2D eigenvalue weighted by molar-refractivity contribution is 0.0658. The first kappa shape index (κ1) is 15.6. The number of likely N-dealkylation sites (tertiary alicyclic amines) is 1. The number of ether oxygens (including phenoxy) is 2. The zero-order valence-electron chi connectivity index (χ0n) is 13.2. The molecule has 0 spiro atoms. The van der Waals surface area contributed by atoms with E-state index in [1.165, 1.54) is 0 Å². The molecule has 5 heteroatoms. The van der Waals surface area contributed by atoms with Crippen LogP contribution < -0.4 is 14.8 Å². The highest BCUT2D eigenvalue weighted by Crippen LogP contribution is 2.28. The van der Waals surface area contributed by atoms with Crippen molar-refractivity contribution in [2.75, 3.05) is 34.4 Å². The molecule has 0 aliphatic carbocycles. The van der Waals surface area contributed by atoms with Crippen LogP contribution in [0.2, 0.25) is 0 Å². The molecule has 116 valence electrons. The number of benzene rings is 1. The highest BCUT2D eigenvalue weighted by Gasteiger charge is 2.31. The Morgan fingerprint density at radius 2 is 1.90 bits per heavy atom. The number of carbonyl (C=O) groups is 1. The Labute approximate surface area is 126 Å². The van der Waals surface area contributed by atoms with Gasteiger partial charge in [-0.15, -0.1) is 0 Å². The molecular formula is C16H24N2O3. The third-order valence-corrected chi connectivity index (χ3v) is 4.40. The first-order valence-electron chi connectivity index (χ1n) is 7.23. The summed E-state index contributed by atoms with van der Waals surface area (Å²) in [7, 11) is 5.14. The van der Waals surface area contributed by atoms with Crippen molar-refractivity contribution in [3.63, 3.8) is 0 Å². The molecule has 1 saturated heterocycles. The fourth-order valence-corrected chi connectivity index (χ4v) is 2.60. The van der Waals surface area contributed by atoms with Gasteiger partial charge in [-0.25, -0.2) is 0 Å². The van der Waals surface area contributed by atoms with E-state index in [-0.39, 0.29) is 11.4 Å². The summed E-state index contributed by atoms with van der Waals surface area (Å²) in [5.74, 6) is 1.26. The van der Waals surface area contributed by atoms with Gasteiger partial charge in [-0.3, -0.25) is 4.79 Å². The molecule has 0 saturated carbocycles. The van der Waals surface area contributed by atoms with Gasteiger partial charge in [0.15, 0.2) is 0 Å². The van der Waals surface area contributed by atoms with Crippen molar-refractivity contribution in [2.45, 2.75) is 25.3 Å². The monoisotopic (exact) mass is 292 g/mol. The van der Waals surface area contributed by atoms with E-state index in [1.807, 2.05) is 11.9 Å². The first-order valence-corrected chi connectivity index (χ1v) is 7.23. The Bertz CT molecular complexity index is 508. The van der Waals surface area contributed by atoms with Crippen molar-refractivity contribution in [1.29, 1.82) is 0 Å². The molecule has 0 atom stereocenters. The maximum absolute atomic E-state index is 12.7.